The van der Waals surface area contributed by atoms with E-state index >= 15 is 0 Å². The Morgan fingerprint density at radius 1 is 1.40 bits per heavy atom. The van der Waals surface area contributed by atoms with Crippen molar-refractivity contribution in [1.82, 2.24) is 0 Å². The van der Waals surface area contributed by atoms with Crippen LogP contribution in [0, 0.1) is 3.57 Å². The van der Waals surface area contributed by atoms with Gasteiger partial charge in [0.25, 0.3) is 0 Å². The van der Waals surface area contributed by atoms with Gasteiger partial charge < -0.3 is 10.4 Å². The van der Waals surface area contributed by atoms with Gasteiger partial charge in [0.05, 0.1) is 0 Å². The third kappa shape index (κ3) is 4.25. The zero-order valence-electron chi connectivity index (χ0n) is 7.55. The number of hydrogen-bond donors (Lipinski definition) is 2. The molecule has 6 heteroatoms. The second-order valence-corrected chi connectivity index (χ2v) is 4.19. The second kappa shape index (κ2) is 5.02. The molecule has 2 N–H and O–H groups in total. The van der Waals surface area contributed by atoms with Crippen LogP contribution in [0.3, 0.4) is 0 Å². The second-order valence-electron chi connectivity index (χ2n) is 2.95. The number of anilines is 1. The fourth-order valence-corrected chi connectivity index (χ4v) is 1.47. The molecule has 1 rings (SSSR count). The Kier molecular flexibility index (Phi) is 4.21. The molecule has 0 saturated carbocycles. The largest absolute Gasteiger partial charge is 0.416 e. The van der Waals surface area contributed by atoms with Gasteiger partial charge in [-0.1, -0.05) is 6.07 Å². The van der Waals surface area contributed by atoms with Crippen molar-refractivity contribution < 1.29 is 18.3 Å². The number of rotatable bonds is 3. The minimum Gasteiger partial charge on any atom is -0.382 e. The molecule has 0 bridgehead atoms. The Morgan fingerprint density at radius 2 is 2.07 bits per heavy atom. The van der Waals surface area contributed by atoms with E-state index in [-0.39, 0.29) is 0 Å². The molecule has 0 spiro atoms. The first-order valence-corrected chi connectivity index (χ1v) is 5.21. The first kappa shape index (κ1) is 12.6. The van der Waals surface area contributed by atoms with Crippen LogP contribution in [0.15, 0.2) is 24.3 Å². The van der Waals surface area contributed by atoms with Gasteiger partial charge in [-0.2, -0.15) is 13.2 Å². The highest BCUT2D eigenvalue weighted by Crippen LogP contribution is 2.20. The molecule has 15 heavy (non-hydrogen) atoms. The molecule has 2 nitrogen and oxygen atoms in total. The highest BCUT2D eigenvalue weighted by molar-refractivity contribution is 14.1. The summed E-state index contributed by atoms with van der Waals surface area (Å²) in [6.45, 7) is -0.538. The van der Waals surface area contributed by atoms with Gasteiger partial charge in [-0.25, -0.2) is 0 Å². The highest BCUT2D eigenvalue weighted by Gasteiger charge is 2.37. The van der Waals surface area contributed by atoms with Gasteiger partial charge >= 0.3 is 6.18 Å². The minimum atomic E-state index is -4.57. The Balaban J connectivity index is 2.51. The van der Waals surface area contributed by atoms with Gasteiger partial charge in [0, 0.05) is 15.8 Å². The average Bonchev–Trinajstić information content (AvgIpc) is 2.12. The summed E-state index contributed by atoms with van der Waals surface area (Å²) in [6, 6.07) is 6.89. The number of aliphatic hydroxyl groups is 1. The predicted molar refractivity (Wildman–Crippen MR) is 59.7 cm³/mol. The molecular formula is C9H9F3INO. The molecule has 0 aliphatic carbocycles. The van der Waals surface area contributed by atoms with E-state index in [2.05, 4.69) is 27.9 Å². The molecule has 0 radical (unpaired) electrons. The topological polar surface area (TPSA) is 32.3 Å². The van der Waals surface area contributed by atoms with Gasteiger partial charge in [-0.15, -0.1) is 0 Å². The standard InChI is InChI=1S/C9H9F3INO/c10-9(11,12)8(15)5-14-7-3-1-2-6(13)4-7/h1-4,8,14-15H,5H2. The molecule has 0 aliphatic heterocycles. The molecule has 0 heterocycles. The van der Waals surface area contributed by atoms with Crippen molar-refractivity contribution in [2.45, 2.75) is 12.3 Å². The Labute approximate surface area is 98.6 Å². The summed E-state index contributed by atoms with van der Waals surface area (Å²) in [5, 5.41) is 11.2. The van der Waals surface area contributed by atoms with Crippen LogP contribution in [0.5, 0.6) is 0 Å². The zero-order chi connectivity index (χ0) is 11.5. The fourth-order valence-electron chi connectivity index (χ4n) is 0.929. The van der Waals surface area contributed by atoms with E-state index < -0.39 is 18.8 Å². The van der Waals surface area contributed by atoms with Crippen molar-refractivity contribution in [2.75, 3.05) is 11.9 Å². The lowest BCUT2D eigenvalue weighted by atomic mass is 10.3. The molecule has 0 fully saturated rings. The number of nitrogens with one attached hydrogen (secondary N) is 1. The Morgan fingerprint density at radius 3 is 2.60 bits per heavy atom. The summed E-state index contributed by atoms with van der Waals surface area (Å²) < 4.78 is 36.7. The van der Waals surface area contributed by atoms with Gasteiger partial charge in [0.2, 0.25) is 0 Å². The van der Waals surface area contributed by atoms with E-state index in [1.807, 2.05) is 6.07 Å². The van der Waals surface area contributed by atoms with Crippen LogP contribution in [-0.4, -0.2) is 23.9 Å². The minimum absolute atomic E-state index is 0.538. The average molecular weight is 331 g/mol. The molecule has 0 aliphatic rings. The third-order valence-electron chi connectivity index (χ3n) is 1.70. The lowest BCUT2D eigenvalue weighted by molar-refractivity contribution is -0.198. The fraction of sp³-hybridized carbons (Fsp3) is 0.333. The van der Waals surface area contributed by atoms with Crippen LogP contribution in [0.1, 0.15) is 0 Å². The quantitative estimate of drug-likeness (QED) is 0.835. The van der Waals surface area contributed by atoms with Crippen LogP contribution in [0.2, 0.25) is 0 Å². The van der Waals surface area contributed by atoms with Crippen molar-refractivity contribution in [3.8, 4) is 0 Å². The van der Waals surface area contributed by atoms with Crippen LogP contribution in [-0.2, 0) is 0 Å². The Bertz CT molecular complexity index is 329. The maximum absolute atomic E-state index is 11.9. The molecule has 84 valence electrons. The van der Waals surface area contributed by atoms with E-state index in [4.69, 9.17) is 5.11 Å². The van der Waals surface area contributed by atoms with Crippen molar-refractivity contribution in [3.05, 3.63) is 27.8 Å². The summed E-state index contributed by atoms with van der Waals surface area (Å²) >= 11 is 2.05. The number of alkyl halides is 3. The van der Waals surface area contributed by atoms with Crippen molar-refractivity contribution >= 4 is 28.3 Å². The summed E-state index contributed by atoms with van der Waals surface area (Å²) in [7, 11) is 0. The molecule has 1 aromatic carbocycles. The van der Waals surface area contributed by atoms with Gasteiger partial charge in [-0.05, 0) is 40.8 Å². The molecule has 1 unspecified atom stereocenters. The van der Waals surface area contributed by atoms with Crippen molar-refractivity contribution in [3.63, 3.8) is 0 Å². The van der Waals surface area contributed by atoms with E-state index in [0.717, 1.165) is 3.57 Å². The van der Waals surface area contributed by atoms with E-state index in [1.165, 1.54) is 0 Å². The molecular weight excluding hydrogens is 322 g/mol. The van der Waals surface area contributed by atoms with Gasteiger partial charge in [-0.3, -0.25) is 0 Å². The number of aliphatic hydroxyl groups excluding tert-OH is 1. The van der Waals surface area contributed by atoms with Crippen LogP contribution >= 0.6 is 22.6 Å². The van der Waals surface area contributed by atoms with Crippen LogP contribution in [0.25, 0.3) is 0 Å². The monoisotopic (exact) mass is 331 g/mol. The van der Waals surface area contributed by atoms with Crippen molar-refractivity contribution in [1.29, 1.82) is 0 Å². The molecule has 0 saturated heterocycles. The number of hydrogen-bond acceptors (Lipinski definition) is 2. The number of halogens is 4. The lowest BCUT2D eigenvalue weighted by Crippen LogP contribution is -2.34. The maximum Gasteiger partial charge on any atom is 0.416 e. The first-order valence-electron chi connectivity index (χ1n) is 4.14. The van der Waals surface area contributed by atoms with Crippen molar-refractivity contribution in [2.24, 2.45) is 0 Å². The smallest absolute Gasteiger partial charge is 0.382 e. The molecule has 1 aromatic rings. The third-order valence-corrected chi connectivity index (χ3v) is 2.37. The summed E-state index contributed by atoms with van der Waals surface area (Å²) in [4.78, 5) is 0. The van der Waals surface area contributed by atoms with E-state index in [1.54, 1.807) is 18.2 Å². The normalized spacial score (nSPS) is 13.7. The highest BCUT2D eigenvalue weighted by atomic mass is 127. The summed E-state index contributed by atoms with van der Waals surface area (Å²) in [5.41, 5.74) is 0.560. The van der Waals surface area contributed by atoms with Gasteiger partial charge in [0.15, 0.2) is 6.10 Å². The van der Waals surface area contributed by atoms with E-state index in [0.29, 0.717) is 5.69 Å². The first-order chi connectivity index (χ1) is 6.89. The molecule has 0 amide bonds. The van der Waals surface area contributed by atoms with Gasteiger partial charge in [0.1, 0.15) is 0 Å². The predicted octanol–water partition coefficient (Wildman–Crippen LogP) is 2.63. The molecule has 1 atom stereocenters. The van der Waals surface area contributed by atoms with Crippen LogP contribution in [0.4, 0.5) is 18.9 Å². The van der Waals surface area contributed by atoms with Crippen LogP contribution < -0.4 is 5.32 Å². The summed E-state index contributed by atoms with van der Waals surface area (Å²) in [6.07, 6.45) is -6.91. The lowest BCUT2D eigenvalue weighted by Gasteiger charge is -2.15. The molecule has 0 aromatic heterocycles. The Hall–Kier alpha value is -0.500. The summed E-state index contributed by atoms with van der Waals surface area (Å²) in [5.74, 6) is 0. The number of benzene rings is 1. The maximum atomic E-state index is 11.9. The van der Waals surface area contributed by atoms with E-state index in [9.17, 15) is 13.2 Å². The zero-order valence-corrected chi connectivity index (χ0v) is 9.71. The SMILES string of the molecule is OC(CNc1cccc(I)c1)C(F)(F)F.